The molecule has 0 amide bonds. The largest absolute Gasteiger partial charge is 0.462 e. The molecule has 8 nitrogen and oxygen atoms in total. The van der Waals surface area contributed by atoms with Gasteiger partial charge in [-0.15, -0.1) is 0 Å². The van der Waals surface area contributed by atoms with Gasteiger partial charge < -0.3 is 14.8 Å². The lowest BCUT2D eigenvalue weighted by atomic mass is 10.1. The number of fused-ring (bicyclic) bond motifs is 1. The van der Waals surface area contributed by atoms with Crippen molar-refractivity contribution < 1.29 is 14.3 Å². The summed E-state index contributed by atoms with van der Waals surface area (Å²) in [5, 5.41) is 3.10. The number of rotatable bonds is 7. The average Bonchev–Trinajstić information content (AvgIpc) is 3.07. The number of benzene rings is 1. The van der Waals surface area contributed by atoms with Crippen molar-refractivity contribution in [2.24, 2.45) is 0 Å². The number of esters is 1. The molecule has 0 atom stereocenters. The Balaban J connectivity index is 2.04. The summed E-state index contributed by atoms with van der Waals surface area (Å²) in [6.45, 7) is 2.31. The Morgan fingerprint density at radius 3 is 2.77 bits per heavy atom. The fourth-order valence-corrected chi connectivity index (χ4v) is 2.43. The second-order valence-electron chi connectivity index (χ2n) is 5.32. The normalized spacial score (nSPS) is 11.5. The van der Waals surface area contributed by atoms with Crippen LogP contribution >= 0.6 is 0 Å². The lowest BCUT2D eigenvalue weighted by Crippen LogP contribution is -2.11. The zero-order valence-corrected chi connectivity index (χ0v) is 14.5. The van der Waals surface area contributed by atoms with E-state index in [1.165, 1.54) is 6.33 Å². The number of nitrogens with zero attached hydrogens (tertiary/aromatic N) is 4. The smallest absolute Gasteiger partial charge is 0.341 e. The number of methoxy groups -OCH3 is 1. The second kappa shape index (κ2) is 8.21. The molecule has 3 rings (SSSR count). The molecule has 0 bridgehead atoms. The van der Waals surface area contributed by atoms with E-state index in [-0.39, 0.29) is 12.2 Å². The molecule has 0 saturated heterocycles. The Bertz CT molecular complexity index is 921. The molecule has 0 unspecified atom stereocenters. The van der Waals surface area contributed by atoms with Crippen LogP contribution < -0.4 is 5.32 Å². The van der Waals surface area contributed by atoms with Gasteiger partial charge in [0.25, 0.3) is 0 Å². The van der Waals surface area contributed by atoms with Gasteiger partial charge in [0.15, 0.2) is 5.65 Å². The van der Waals surface area contributed by atoms with E-state index in [0.29, 0.717) is 23.6 Å². The van der Waals surface area contributed by atoms with Crippen LogP contribution in [0.5, 0.6) is 0 Å². The number of anilines is 1. The van der Waals surface area contributed by atoms with Gasteiger partial charge in [0, 0.05) is 19.0 Å². The maximum atomic E-state index is 12.5. The Kier molecular flexibility index (Phi) is 5.55. The van der Waals surface area contributed by atoms with Crippen molar-refractivity contribution in [1.82, 2.24) is 19.5 Å². The van der Waals surface area contributed by atoms with Crippen LogP contribution in [0.2, 0.25) is 0 Å². The van der Waals surface area contributed by atoms with Gasteiger partial charge in [0.2, 0.25) is 0 Å². The number of hydrogen-bond acceptors (Lipinski definition) is 7. The number of nitrogens with one attached hydrogen (secondary N) is 1. The maximum Gasteiger partial charge on any atom is 0.341 e. The lowest BCUT2D eigenvalue weighted by Gasteiger charge is -2.09. The van der Waals surface area contributed by atoms with E-state index in [0.717, 1.165) is 5.69 Å². The summed E-state index contributed by atoms with van der Waals surface area (Å²) in [7, 11) is 1.58. The van der Waals surface area contributed by atoms with Gasteiger partial charge in [-0.3, -0.25) is 4.57 Å². The molecule has 0 radical (unpaired) electrons. The molecule has 3 aromatic rings. The maximum absolute atomic E-state index is 12.5. The van der Waals surface area contributed by atoms with Crippen LogP contribution in [0.25, 0.3) is 16.7 Å². The van der Waals surface area contributed by atoms with E-state index >= 15 is 0 Å². The predicted molar refractivity (Wildman–Crippen MR) is 97.0 cm³/mol. The molecule has 0 spiro atoms. The summed E-state index contributed by atoms with van der Waals surface area (Å²) in [6, 6.07) is 9.49. The van der Waals surface area contributed by atoms with Crippen molar-refractivity contribution in [2.45, 2.75) is 13.7 Å². The Morgan fingerprint density at radius 1 is 1.23 bits per heavy atom. The molecule has 0 fully saturated rings. The van der Waals surface area contributed by atoms with Crippen LogP contribution in [0, 0.1) is 0 Å². The van der Waals surface area contributed by atoms with E-state index in [9.17, 15) is 4.79 Å². The lowest BCUT2D eigenvalue weighted by molar-refractivity contribution is -0.136. The van der Waals surface area contributed by atoms with Crippen molar-refractivity contribution >= 4 is 28.4 Å². The minimum absolute atomic E-state index is 0.258. The van der Waals surface area contributed by atoms with Crippen molar-refractivity contribution in [2.75, 3.05) is 19.0 Å². The zero-order valence-electron chi connectivity index (χ0n) is 14.5. The molecule has 0 saturated carbocycles. The summed E-state index contributed by atoms with van der Waals surface area (Å²) in [4.78, 5) is 25.3. The standard InChI is InChI=1S/C18H19N5O3/c1-3-26-18(24)14(9-19-13-7-5-4-6-8-13)15-16-17(21-10-20-15)23(11-22-16)12-25-2/h4-11,19H,3,12H2,1-2H3/b14-9+. The molecule has 0 aliphatic rings. The third-order valence-corrected chi connectivity index (χ3v) is 3.58. The quantitative estimate of drug-likeness (QED) is 0.515. The second-order valence-corrected chi connectivity index (χ2v) is 5.32. The Morgan fingerprint density at radius 2 is 2.04 bits per heavy atom. The van der Waals surface area contributed by atoms with E-state index in [4.69, 9.17) is 9.47 Å². The summed E-state index contributed by atoms with van der Waals surface area (Å²) < 4.78 is 12.0. The van der Waals surface area contributed by atoms with E-state index in [2.05, 4.69) is 20.3 Å². The summed E-state index contributed by atoms with van der Waals surface area (Å²) >= 11 is 0. The summed E-state index contributed by atoms with van der Waals surface area (Å²) in [6.07, 6.45) is 4.56. The third kappa shape index (κ3) is 3.70. The van der Waals surface area contributed by atoms with Gasteiger partial charge in [-0.2, -0.15) is 0 Å². The molecule has 2 aromatic heterocycles. The van der Waals surface area contributed by atoms with Crippen molar-refractivity contribution in [3.63, 3.8) is 0 Å². The molecule has 1 N–H and O–H groups in total. The monoisotopic (exact) mass is 353 g/mol. The molecule has 26 heavy (non-hydrogen) atoms. The number of carbonyl (C=O) groups is 1. The minimum atomic E-state index is -0.489. The number of para-hydroxylation sites is 1. The molecule has 2 heterocycles. The van der Waals surface area contributed by atoms with Gasteiger partial charge in [0.05, 0.1) is 12.9 Å². The first-order chi connectivity index (χ1) is 12.7. The van der Waals surface area contributed by atoms with Gasteiger partial charge in [-0.1, -0.05) is 18.2 Å². The zero-order chi connectivity index (χ0) is 18.4. The van der Waals surface area contributed by atoms with Gasteiger partial charge in [0.1, 0.15) is 29.8 Å². The van der Waals surface area contributed by atoms with Crippen molar-refractivity contribution in [3.05, 3.63) is 54.9 Å². The molecule has 0 aliphatic carbocycles. The summed E-state index contributed by atoms with van der Waals surface area (Å²) in [5.74, 6) is -0.489. The molecular weight excluding hydrogens is 334 g/mol. The first kappa shape index (κ1) is 17.6. The SMILES string of the molecule is CCOC(=O)/C(=C/Nc1ccccc1)c1ncnc2c1ncn2COC. The van der Waals surface area contributed by atoms with Crippen LogP contribution in [0.1, 0.15) is 12.6 Å². The highest BCUT2D eigenvalue weighted by Crippen LogP contribution is 2.22. The van der Waals surface area contributed by atoms with Crippen LogP contribution in [0.3, 0.4) is 0 Å². The molecular formula is C18H19N5O3. The highest BCUT2D eigenvalue weighted by atomic mass is 16.5. The molecule has 0 aliphatic heterocycles. The Labute approximate surface area is 150 Å². The highest BCUT2D eigenvalue weighted by Gasteiger charge is 2.20. The number of aromatic nitrogens is 4. The number of hydrogen-bond donors (Lipinski definition) is 1. The van der Waals surface area contributed by atoms with Crippen LogP contribution in [0.4, 0.5) is 5.69 Å². The van der Waals surface area contributed by atoms with Gasteiger partial charge in [-0.25, -0.2) is 19.7 Å². The topological polar surface area (TPSA) is 91.2 Å². The van der Waals surface area contributed by atoms with Crippen molar-refractivity contribution in [1.29, 1.82) is 0 Å². The van der Waals surface area contributed by atoms with E-state index in [1.807, 2.05) is 30.3 Å². The van der Waals surface area contributed by atoms with Gasteiger partial charge >= 0.3 is 5.97 Å². The molecule has 134 valence electrons. The van der Waals surface area contributed by atoms with E-state index < -0.39 is 5.97 Å². The first-order valence-electron chi connectivity index (χ1n) is 8.08. The Hall–Kier alpha value is -3.26. The number of carbonyl (C=O) groups excluding carboxylic acids is 1. The fourth-order valence-electron chi connectivity index (χ4n) is 2.43. The van der Waals surface area contributed by atoms with Crippen LogP contribution in [-0.2, 0) is 21.0 Å². The van der Waals surface area contributed by atoms with Gasteiger partial charge in [-0.05, 0) is 19.1 Å². The number of ether oxygens (including phenoxy) is 2. The average molecular weight is 353 g/mol. The van der Waals surface area contributed by atoms with E-state index in [1.54, 1.807) is 31.1 Å². The third-order valence-electron chi connectivity index (χ3n) is 3.58. The molecule has 1 aromatic carbocycles. The first-order valence-corrected chi connectivity index (χ1v) is 8.08. The minimum Gasteiger partial charge on any atom is -0.462 e. The van der Waals surface area contributed by atoms with Crippen LogP contribution in [0.15, 0.2) is 49.2 Å². The fraction of sp³-hybridized carbons (Fsp3) is 0.222. The predicted octanol–water partition coefficient (Wildman–Crippen LogP) is 2.45. The number of imidazole rings is 1. The van der Waals surface area contributed by atoms with Crippen LogP contribution in [-0.4, -0.2) is 39.2 Å². The van der Waals surface area contributed by atoms with Crippen molar-refractivity contribution in [3.8, 4) is 0 Å². The summed E-state index contributed by atoms with van der Waals surface area (Å²) in [5.41, 5.74) is 2.58. The molecule has 8 heteroatoms. The highest BCUT2D eigenvalue weighted by molar-refractivity contribution is 6.18.